The number of halogens is 1. The summed E-state index contributed by atoms with van der Waals surface area (Å²) in [5.41, 5.74) is 8.16. The molecule has 2 aromatic rings. The summed E-state index contributed by atoms with van der Waals surface area (Å²) in [5, 5.41) is 3.60. The molecule has 0 unspecified atom stereocenters. The van der Waals surface area contributed by atoms with Crippen molar-refractivity contribution in [2.24, 2.45) is 0 Å². The Morgan fingerprint density at radius 1 is 1.14 bits per heavy atom. The lowest BCUT2D eigenvalue weighted by atomic mass is 10.1. The van der Waals surface area contributed by atoms with Crippen LogP contribution < -0.4 is 11.1 Å². The van der Waals surface area contributed by atoms with Gasteiger partial charge in [-0.3, -0.25) is 4.90 Å². The molecule has 0 radical (unpaired) electrons. The van der Waals surface area contributed by atoms with E-state index in [1.54, 1.807) is 6.07 Å². The van der Waals surface area contributed by atoms with Gasteiger partial charge in [0.05, 0.1) is 0 Å². The number of rotatable bonds is 7. The summed E-state index contributed by atoms with van der Waals surface area (Å²) in [6.07, 6.45) is 0. The quantitative estimate of drug-likeness (QED) is 0.767. The van der Waals surface area contributed by atoms with Gasteiger partial charge in [-0.05, 0) is 24.2 Å². The number of nitrogens with two attached hydrogens (primary N) is 1. The third-order valence-corrected chi connectivity index (χ3v) is 3.77. The fourth-order valence-corrected chi connectivity index (χ4v) is 2.47. The summed E-state index contributed by atoms with van der Waals surface area (Å²) < 4.78 is 0. The topological polar surface area (TPSA) is 67.1 Å². The van der Waals surface area contributed by atoms with Crippen LogP contribution >= 0.6 is 11.6 Å². The normalized spacial score (nSPS) is 10.9. The molecule has 5 nitrogen and oxygen atoms in total. The summed E-state index contributed by atoms with van der Waals surface area (Å²) in [4.78, 5) is 10.4. The van der Waals surface area contributed by atoms with Gasteiger partial charge in [0.2, 0.25) is 5.95 Å². The summed E-state index contributed by atoms with van der Waals surface area (Å²) in [6, 6.07) is 10.1. The third-order valence-electron chi connectivity index (χ3n) is 3.58. The van der Waals surface area contributed by atoms with Crippen LogP contribution in [0.5, 0.6) is 0 Å². The molecular weight excluding hydrogens is 298 g/mol. The van der Waals surface area contributed by atoms with Gasteiger partial charge in [-0.15, -0.1) is 0 Å². The predicted molar refractivity (Wildman–Crippen MR) is 91.8 cm³/mol. The molecule has 0 aliphatic rings. The van der Waals surface area contributed by atoms with Crippen molar-refractivity contribution in [1.29, 1.82) is 0 Å². The molecule has 0 aliphatic heterocycles. The second-order valence-electron chi connectivity index (χ2n) is 5.02. The Hall–Kier alpha value is -1.85. The Kier molecular flexibility index (Phi) is 5.98. The molecule has 2 rings (SSSR count). The van der Waals surface area contributed by atoms with Crippen molar-refractivity contribution < 1.29 is 0 Å². The molecule has 0 bridgehead atoms. The van der Waals surface area contributed by atoms with Crippen molar-refractivity contribution >= 4 is 23.4 Å². The molecular formula is C16H22ClN5. The first-order valence-corrected chi connectivity index (χ1v) is 7.83. The van der Waals surface area contributed by atoms with Crippen LogP contribution in [0, 0.1) is 0 Å². The van der Waals surface area contributed by atoms with E-state index in [0.717, 1.165) is 19.6 Å². The fourth-order valence-electron chi connectivity index (χ4n) is 2.28. The monoisotopic (exact) mass is 319 g/mol. The van der Waals surface area contributed by atoms with Gasteiger partial charge in [0.1, 0.15) is 11.0 Å². The molecule has 0 saturated heterocycles. The highest BCUT2D eigenvalue weighted by Gasteiger charge is 2.07. The van der Waals surface area contributed by atoms with Crippen LogP contribution in [0.2, 0.25) is 5.15 Å². The number of hydrogen-bond acceptors (Lipinski definition) is 5. The number of nitrogen functional groups attached to an aromatic ring is 1. The maximum Gasteiger partial charge on any atom is 0.223 e. The van der Waals surface area contributed by atoms with Gasteiger partial charge in [0.15, 0.2) is 0 Å². The highest BCUT2D eigenvalue weighted by Crippen LogP contribution is 2.16. The number of hydrogen-bond donors (Lipinski definition) is 2. The van der Waals surface area contributed by atoms with Crippen molar-refractivity contribution in [3.8, 4) is 0 Å². The van der Waals surface area contributed by atoms with Gasteiger partial charge in [0, 0.05) is 19.2 Å². The minimum Gasteiger partial charge on any atom is -0.368 e. The van der Waals surface area contributed by atoms with E-state index in [2.05, 4.69) is 52.2 Å². The van der Waals surface area contributed by atoms with Gasteiger partial charge < -0.3 is 11.1 Å². The van der Waals surface area contributed by atoms with Crippen LogP contribution in [0.1, 0.15) is 25.0 Å². The van der Waals surface area contributed by atoms with E-state index in [1.165, 1.54) is 11.1 Å². The molecule has 0 aliphatic carbocycles. The number of nitrogens with one attached hydrogen (secondary N) is 1. The molecule has 0 amide bonds. The number of anilines is 2. The first-order valence-electron chi connectivity index (χ1n) is 7.45. The van der Waals surface area contributed by atoms with E-state index in [1.807, 2.05) is 6.07 Å². The van der Waals surface area contributed by atoms with Crippen LogP contribution in [-0.4, -0.2) is 28.0 Å². The van der Waals surface area contributed by atoms with Gasteiger partial charge in [0.25, 0.3) is 0 Å². The van der Waals surface area contributed by atoms with E-state index in [9.17, 15) is 0 Å². The lowest BCUT2D eigenvalue weighted by Crippen LogP contribution is -2.23. The smallest absolute Gasteiger partial charge is 0.223 e. The third kappa shape index (κ3) is 4.58. The minimum absolute atomic E-state index is 0.173. The average Bonchev–Trinajstić information content (AvgIpc) is 2.50. The van der Waals surface area contributed by atoms with E-state index < -0.39 is 0 Å². The maximum atomic E-state index is 5.89. The first kappa shape index (κ1) is 16.5. The van der Waals surface area contributed by atoms with E-state index in [-0.39, 0.29) is 5.95 Å². The van der Waals surface area contributed by atoms with Gasteiger partial charge in [-0.2, -0.15) is 4.98 Å². The molecule has 118 valence electrons. The Morgan fingerprint density at radius 3 is 2.45 bits per heavy atom. The molecule has 1 aromatic heterocycles. The van der Waals surface area contributed by atoms with Crippen LogP contribution in [-0.2, 0) is 13.1 Å². The average molecular weight is 320 g/mol. The summed E-state index contributed by atoms with van der Waals surface area (Å²) in [7, 11) is 0. The van der Waals surface area contributed by atoms with Crippen LogP contribution in [0.3, 0.4) is 0 Å². The Morgan fingerprint density at radius 2 is 1.82 bits per heavy atom. The second kappa shape index (κ2) is 7.96. The molecule has 6 heteroatoms. The summed E-state index contributed by atoms with van der Waals surface area (Å²) in [6.45, 7) is 8.04. The van der Waals surface area contributed by atoms with Gasteiger partial charge in [-0.25, -0.2) is 4.98 Å². The number of nitrogens with zero attached hydrogens (tertiary/aromatic N) is 3. The number of aromatic nitrogens is 2. The van der Waals surface area contributed by atoms with E-state index in [0.29, 0.717) is 17.5 Å². The van der Waals surface area contributed by atoms with Crippen molar-refractivity contribution in [2.45, 2.75) is 26.9 Å². The van der Waals surface area contributed by atoms with Crippen LogP contribution in [0.15, 0.2) is 30.3 Å². The second-order valence-corrected chi connectivity index (χ2v) is 5.41. The molecule has 3 N–H and O–H groups in total. The molecule has 0 atom stereocenters. The summed E-state index contributed by atoms with van der Waals surface area (Å²) in [5.74, 6) is 0.807. The zero-order chi connectivity index (χ0) is 15.9. The van der Waals surface area contributed by atoms with Crippen molar-refractivity contribution in [2.75, 3.05) is 24.1 Å². The molecule has 1 aromatic carbocycles. The van der Waals surface area contributed by atoms with Crippen molar-refractivity contribution in [3.63, 3.8) is 0 Å². The molecule has 0 spiro atoms. The number of benzene rings is 1. The lowest BCUT2D eigenvalue weighted by Gasteiger charge is -2.20. The van der Waals surface area contributed by atoms with Crippen molar-refractivity contribution in [3.05, 3.63) is 46.6 Å². The zero-order valence-electron chi connectivity index (χ0n) is 13.0. The lowest BCUT2D eigenvalue weighted by molar-refractivity contribution is 0.295. The Labute approximate surface area is 136 Å². The zero-order valence-corrected chi connectivity index (χ0v) is 13.8. The first-order chi connectivity index (χ1) is 10.6. The van der Waals surface area contributed by atoms with E-state index in [4.69, 9.17) is 17.3 Å². The van der Waals surface area contributed by atoms with Gasteiger partial charge >= 0.3 is 0 Å². The standard InChI is InChI=1S/C16H22ClN5/c1-3-22(4-2)11-13-8-6-5-7-12(13)10-19-15-9-14(17)20-16(18)21-15/h5-9H,3-4,10-11H2,1-2H3,(H3,18,19,20,21). The minimum atomic E-state index is 0.173. The maximum absolute atomic E-state index is 5.89. The summed E-state index contributed by atoms with van der Waals surface area (Å²) >= 11 is 5.89. The van der Waals surface area contributed by atoms with Crippen LogP contribution in [0.25, 0.3) is 0 Å². The largest absolute Gasteiger partial charge is 0.368 e. The predicted octanol–water partition coefficient (Wildman–Crippen LogP) is 3.17. The Balaban J connectivity index is 2.09. The Bertz CT molecular complexity index is 593. The molecule has 1 heterocycles. The fraction of sp³-hybridized carbons (Fsp3) is 0.375. The molecule has 22 heavy (non-hydrogen) atoms. The van der Waals surface area contributed by atoms with Gasteiger partial charge in [-0.1, -0.05) is 49.7 Å². The highest BCUT2D eigenvalue weighted by atomic mass is 35.5. The highest BCUT2D eigenvalue weighted by molar-refractivity contribution is 6.29. The molecule has 0 saturated carbocycles. The van der Waals surface area contributed by atoms with Crippen molar-refractivity contribution in [1.82, 2.24) is 14.9 Å². The SMILES string of the molecule is CCN(CC)Cc1ccccc1CNc1cc(Cl)nc(N)n1. The molecule has 0 fully saturated rings. The van der Waals surface area contributed by atoms with E-state index >= 15 is 0 Å². The van der Waals surface area contributed by atoms with Crippen LogP contribution in [0.4, 0.5) is 11.8 Å².